The number of allylic oxidation sites excluding steroid dienone is 10. The maximum atomic E-state index is 11.3. The Morgan fingerprint density at radius 2 is 1.87 bits per heavy atom. The van der Waals surface area contributed by atoms with Gasteiger partial charge in [-0.1, -0.05) is 71.3 Å². The second-order valence-electron chi connectivity index (χ2n) is 8.69. The molecule has 0 bridgehead atoms. The number of carboxylic acid groups (broad SMARTS) is 1. The monoisotopic (exact) mass is 481 g/mol. The Kier molecular flexibility index (Phi) is 9.00. The molecule has 4 heteroatoms. The maximum absolute atomic E-state index is 11.3. The Morgan fingerprint density at radius 1 is 1.16 bits per heavy atom. The van der Waals surface area contributed by atoms with Crippen LogP contribution in [-0.4, -0.2) is 17.3 Å². The number of nitrogens with zero attached hydrogens (tertiary/aromatic N) is 1. The van der Waals surface area contributed by atoms with Crippen molar-refractivity contribution in [1.82, 2.24) is 0 Å². The number of hydrogen-bond acceptors (Lipinski definition) is 2. The van der Waals surface area contributed by atoms with Crippen molar-refractivity contribution in [2.75, 3.05) is 0 Å². The molecule has 1 N–H and O–H groups in total. The molecule has 1 aliphatic carbocycles. The van der Waals surface area contributed by atoms with Crippen LogP contribution < -0.4 is 0 Å². The lowest BCUT2D eigenvalue weighted by atomic mass is 9.72. The Bertz CT molecular complexity index is 1000. The second kappa shape index (κ2) is 11.2. The van der Waals surface area contributed by atoms with Gasteiger partial charge in [-0.15, -0.1) is 0 Å². The first kappa shape index (κ1) is 24.8. The number of aliphatic imine (C=N–C) groups is 1. The molecule has 0 saturated heterocycles. The van der Waals surface area contributed by atoms with Crippen LogP contribution in [0.4, 0.5) is 5.69 Å². The fourth-order valence-corrected chi connectivity index (χ4v) is 4.08. The van der Waals surface area contributed by atoms with E-state index in [2.05, 4.69) is 66.8 Å². The molecule has 0 spiro atoms. The van der Waals surface area contributed by atoms with Crippen molar-refractivity contribution in [1.29, 1.82) is 0 Å². The zero-order valence-electron chi connectivity index (χ0n) is 19.1. The summed E-state index contributed by atoms with van der Waals surface area (Å²) in [4.78, 5) is 15.6. The van der Waals surface area contributed by atoms with Gasteiger partial charge in [0.2, 0.25) is 0 Å². The third-order valence-electron chi connectivity index (χ3n) is 5.51. The van der Waals surface area contributed by atoms with Gasteiger partial charge >= 0.3 is 5.97 Å². The second-order valence-corrected chi connectivity index (χ2v) is 9.61. The van der Waals surface area contributed by atoms with Crippen LogP contribution >= 0.6 is 15.9 Å². The number of carboxylic acids is 1. The smallest absolute Gasteiger partial charge is 0.337 e. The van der Waals surface area contributed by atoms with Gasteiger partial charge in [-0.05, 0) is 80.9 Å². The summed E-state index contributed by atoms with van der Waals surface area (Å²) < 4.78 is 0.716. The van der Waals surface area contributed by atoms with Gasteiger partial charge in [0.05, 0.1) is 11.3 Å². The Hall–Kier alpha value is -2.46. The van der Waals surface area contributed by atoms with Crippen molar-refractivity contribution in [2.45, 2.75) is 53.9 Å². The summed E-state index contributed by atoms with van der Waals surface area (Å²) in [5.74, 6) is -0.995. The Balaban J connectivity index is 2.03. The minimum Gasteiger partial charge on any atom is -0.478 e. The Morgan fingerprint density at radius 3 is 2.55 bits per heavy atom. The van der Waals surface area contributed by atoms with E-state index < -0.39 is 5.97 Å². The molecule has 0 atom stereocenters. The van der Waals surface area contributed by atoms with E-state index in [1.165, 1.54) is 36.0 Å². The number of hydrogen-bond donors (Lipinski definition) is 1. The predicted octanol–water partition coefficient (Wildman–Crippen LogP) is 8.38. The fourth-order valence-electron chi connectivity index (χ4n) is 3.72. The summed E-state index contributed by atoms with van der Waals surface area (Å²) >= 11 is 3.29. The fraction of sp³-hybridized carbons (Fsp3) is 0.333. The summed E-state index contributed by atoms with van der Waals surface area (Å²) in [6, 6.07) is 5.02. The zero-order valence-corrected chi connectivity index (χ0v) is 20.7. The first-order chi connectivity index (χ1) is 14.6. The van der Waals surface area contributed by atoms with Crippen LogP contribution in [0.2, 0.25) is 0 Å². The standard InChI is InChI=1S/C27H32BrNO2/c1-19(11-13-24-21(3)10-7-16-27(24,4)5)8-6-9-20(2)15-17-29-25-14-12-22(28)18-23(25)26(30)31/h6,8-9,11-15,17-18H,7,10,16H2,1-5H3,(H,30,31)/b9-6+,13-11+,19-8+,20-15+,29-17?. The third kappa shape index (κ3) is 7.62. The third-order valence-corrected chi connectivity index (χ3v) is 6.01. The summed E-state index contributed by atoms with van der Waals surface area (Å²) in [6.45, 7) is 11.0. The molecule has 0 radical (unpaired) electrons. The highest BCUT2D eigenvalue weighted by Crippen LogP contribution is 2.40. The quantitative estimate of drug-likeness (QED) is 0.313. The Labute approximate surface area is 194 Å². The average Bonchev–Trinajstić information content (AvgIpc) is 2.68. The summed E-state index contributed by atoms with van der Waals surface area (Å²) in [6.07, 6.45) is 17.8. The summed E-state index contributed by atoms with van der Waals surface area (Å²) in [5, 5.41) is 9.30. The molecule has 0 aromatic heterocycles. The lowest BCUT2D eigenvalue weighted by Crippen LogP contribution is -2.19. The van der Waals surface area contributed by atoms with Gasteiger partial charge in [0.25, 0.3) is 0 Å². The molecular formula is C27H32BrNO2. The van der Waals surface area contributed by atoms with Gasteiger partial charge in [-0.2, -0.15) is 0 Å². The number of carbonyl (C=O) groups is 1. The molecule has 1 aromatic rings. The van der Waals surface area contributed by atoms with Crippen LogP contribution in [0, 0.1) is 5.41 Å². The molecule has 1 aromatic carbocycles. The number of aromatic carboxylic acids is 1. The van der Waals surface area contributed by atoms with E-state index in [-0.39, 0.29) is 11.0 Å². The maximum Gasteiger partial charge on any atom is 0.337 e. The molecule has 0 fully saturated rings. The first-order valence-corrected chi connectivity index (χ1v) is 11.4. The topological polar surface area (TPSA) is 49.7 Å². The normalized spacial score (nSPS) is 18.0. The van der Waals surface area contributed by atoms with E-state index in [0.29, 0.717) is 10.2 Å². The van der Waals surface area contributed by atoms with E-state index in [4.69, 9.17) is 0 Å². The molecule has 0 saturated carbocycles. The van der Waals surface area contributed by atoms with Crippen LogP contribution in [0.25, 0.3) is 0 Å². The van der Waals surface area contributed by atoms with Crippen LogP contribution in [-0.2, 0) is 0 Å². The average molecular weight is 482 g/mol. The first-order valence-electron chi connectivity index (χ1n) is 10.6. The molecular weight excluding hydrogens is 450 g/mol. The number of benzene rings is 1. The highest BCUT2D eigenvalue weighted by Gasteiger charge is 2.26. The van der Waals surface area contributed by atoms with Crippen LogP contribution in [0.3, 0.4) is 0 Å². The van der Waals surface area contributed by atoms with Gasteiger partial charge in [-0.25, -0.2) is 4.79 Å². The minimum absolute atomic E-state index is 0.170. The molecule has 0 heterocycles. The predicted molar refractivity (Wildman–Crippen MR) is 135 cm³/mol. The molecule has 0 aliphatic heterocycles. The molecule has 0 amide bonds. The van der Waals surface area contributed by atoms with Crippen molar-refractivity contribution < 1.29 is 9.90 Å². The van der Waals surface area contributed by atoms with E-state index in [1.807, 2.05) is 25.2 Å². The van der Waals surface area contributed by atoms with Crippen molar-refractivity contribution in [3.8, 4) is 0 Å². The van der Waals surface area contributed by atoms with Gasteiger partial charge in [0.1, 0.15) is 0 Å². The largest absolute Gasteiger partial charge is 0.478 e. The number of rotatable bonds is 7. The summed E-state index contributed by atoms with van der Waals surface area (Å²) in [7, 11) is 0. The van der Waals surface area contributed by atoms with Crippen LogP contribution in [0.1, 0.15) is 64.2 Å². The van der Waals surface area contributed by atoms with Crippen molar-refractivity contribution >= 4 is 33.8 Å². The van der Waals surface area contributed by atoms with Crippen molar-refractivity contribution in [2.24, 2.45) is 10.4 Å². The van der Waals surface area contributed by atoms with Crippen LogP contribution in [0.5, 0.6) is 0 Å². The lowest BCUT2D eigenvalue weighted by Gasteiger charge is -2.32. The molecule has 0 unspecified atom stereocenters. The zero-order chi connectivity index (χ0) is 23.0. The lowest BCUT2D eigenvalue weighted by molar-refractivity contribution is 0.0697. The molecule has 164 valence electrons. The molecule has 31 heavy (non-hydrogen) atoms. The van der Waals surface area contributed by atoms with E-state index in [1.54, 1.807) is 24.4 Å². The highest BCUT2D eigenvalue weighted by molar-refractivity contribution is 9.10. The summed E-state index contributed by atoms with van der Waals surface area (Å²) in [5.41, 5.74) is 6.05. The van der Waals surface area contributed by atoms with Gasteiger partial charge < -0.3 is 5.11 Å². The highest BCUT2D eigenvalue weighted by atomic mass is 79.9. The SMILES string of the molecule is CC1=C(/C=C/C(C)=C/C=C/C(C)=C/C=Nc2ccc(Br)cc2C(=O)O)C(C)(C)CCC1. The van der Waals surface area contributed by atoms with Crippen LogP contribution in [0.15, 0.2) is 86.4 Å². The van der Waals surface area contributed by atoms with Crippen molar-refractivity contribution in [3.63, 3.8) is 0 Å². The molecule has 1 aliphatic rings. The molecule has 3 nitrogen and oxygen atoms in total. The minimum atomic E-state index is -0.995. The van der Waals surface area contributed by atoms with E-state index >= 15 is 0 Å². The van der Waals surface area contributed by atoms with Gasteiger partial charge in [-0.3, -0.25) is 4.99 Å². The van der Waals surface area contributed by atoms with E-state index in [9.17, 15) is 9.90 Å². The molecule has 2 rings (SSSR count). The van der Waals surface area contributed by atoms with E-state index in [0.717, 1.165) is 5.57 Å². The number of halogens is 1. The van der Waals surface area contributed by atoms with Gasteiger partial charge in [0.15, 0.2) is 0 Å². The van der Waals surface area contributed by atoms with Crippen molar-refractivity contribution in [3.05, 3.63) is 87.0 Å². The van der Waals surface area contributed by atoms with Gasteiger partial charge in [0, 0.05) is 10.7 Å².